The largest absolute Gasteiger partial charge is 0.508 e. The number of carbonyl (C=O) groups excluding carboxylic acids is 6. The third-order valence-corrected chi connectivity index (χ3v) is 11.2. The Bertz CT molecular complexity index is 1830. The zero-order chi connectivity index (χ0) is 46.8. The highest BCUT2D eigenvalue weighted by molar-refractivity contribution is 5.93. The molecule has 2 bridgehead atoms. The molecule has 4 amide bonds. The summed E-state index contributed by atoms with van der Waals surface area (Å²) >= 11 is 0. The van der Waals surface area contributed by atoms with Gasteiger partial charge in [0, 0.05) is 45.0 Å². The smallest absolute Gasteiger partial charge is 0.325 e. The number of phenols is 1. The van der Waals surface area contributed by atoms with Crippen LogP contribution in [-0.2, 0) is 39.9 Å². The third kappa shape index (κ3) is 17.5. The van der Waals surface area contributed by atoms with Crippen molar-refractivity contribution in [2.75, 3.05) is 19.6 Å². The second kappa shape index (κ2) is 25.9. The maximum atomic E-state index is 14.4. The SMILES string of the molecule is CC(=O)CC[C@H]1C(=O)N[C@@H](C(C)C)C(=O)N[C@@H](Cc2cccc(O)c2)C(=O)N2CCCC(N2)C(=O)O[C@H](/C(C)=C/C=C/C(=O)N(CC(C)C)CC(C)C)C/C=C/C=C/C[C@H](C)[C@H]1O. The van der Waals surface area contributed by atoms with Gasteiger partial charge in [-0.05, 0) is 86.5 Å². The van der Waals surface area contributed by atoms with Crippen molar-refractivity contribution in [2.24, 2.45) is 29.6 Å². The number of cyclic esters (lactones) is 1. The predicted octanol–water partition coefficient (Wildman–Crippen LogP) is 5.50. The van der Waals surface area contributed by atoms with Gasteiger partial charge < -0.3 is 35.3 Å². The Morgan fingerprint density at radius 2 is 1.62 bits per heavy atom. The number of fused-ring (bicyclic) bond motifs is 2. The van der Waals surface area contributed by atoms with E-state index in [1.165, 1.54) is 30.1 Å². The number of hydrogen-bond acceptors (Lipinski definition) is 10. The topological polar surface area (TPSA) is 195 Å². The lowest BCUT2D eigenvalue weighted by Crippen LogP contribution is -2.62. The highest BCUT2D eigenvalue weighted by Gasteiger charge is 2.38. The molecule has 1 saturated heterocycles. The van der Waals surface area contributed by atoms with Gasteiger partial charge >= 0.3 is 5.97 Å². The van der Waals surface area contributed by atoms with Gasteiger partial charge in [0.05, 0.1) is 12.0 Å². The third-order valence-electron chi connectivity index (χ3n) is 11.2. The number of Topliss-reactive ketones (excluding diaryl/α,β-unsaturated/α-hetero) is 1. The first-order valence-corrected chi connectivity index (χ1v) is 22.6. The second-order valence-electron chi connectivity index (χ2n) is 18.3. The molecule has 5 N–H and O–H groups in total. The van der Waals surface area contributed by atoms with E-state index in [0.717, 1.165) is 0 Å². The maximum absolute atomic E-state index is 14.4. The number of rotatable bonds is 13. The Labute approximate surface area is 374 Å². The van der Waals surface area contributed by atoms with Crippen LogP contribution in [-0.4, -0.2) is 105 Å². The first-order chi connectivity index (χ1) is 29.8. The molecular formula is C49H73N5O9. The number of aliphatic hydroxyl groups excluding tert-OH is 1. The van der Waals surface area contributed by atoms with Crippen molar-refractivity contribution in [1.29, 1.82) is 0 Å². The number of aromatic hydroxyl groups is 1. The van der Waals surface area contributed by atoms with E-state index in [1.807, 2.05) is 43.1 Å². The predicted molar refractivity (Wildman–Crippen MR) is 244 cm³/mol. The van der Waals surface area contributed by atoms with Crippen LogP contribution in [0.15, 0.2) is 72.4 Å². The van der Waals surface area contributed by atoms with Gasteiger partial charge in [0.25, 0.3) is 5.91 Å². The van der Waals surface area contributed by atoms with E-state index in [9.17, 15) is 39.0 Å². The molecule has 348 valence electrons. The van der Waals surface area contributed by atoms with Crippen LogP contribution < -0.4 is 16.1 Å². The highest BCUT2D eigenvalue weighted by atomic mass is 16.5. The second-order valence-corrected chi connectivity index (χ2v) is 18.3. The van der Waals surface area contributed by atoms with Gasteiger partial charge in [0.2, 0.25) is 17.7 Å². The minimum Gasteiger partial charge on any atom is -0.508 e. The van der Waals surface area contributed by atoms with Crippen molar-refractivity contribution in [3.05, 3.63) is 77.9 Å². The molecular weight excluding hydrogens is 803 g/mol. The summed E-state index contributed by atoms with van der Waals surface area (Å²) < 4.78 is 6.13. The van der Waals surface area contributed by atoms with Gasteiger partial charge in [0.15, 0.2) is 0 Å². The molecule has 3 rings (SSSR count). The number of phenolic OH excluding ortho intramolecular Hbond substituents is 1. The quantitative estimate of drug-likeness (QED) is 0.0960. The normalized spacial score (nSPS) is 26.1. The summed E-state index contributed by atoms with van der Waals surface area (Å²) in [7, 11) is 0. The number of ketones is 1. The fourth-order valence-electron chi connectivity index (χ4n) is 7.66. The average molecular weight is 876 g/mol. The number of hydrogen-bond donors (Lipinski definition) is 5. The first kappa shape index (κ1) is 52.3. The van der Waals surface area contributed by atoms with E-state index in [1.54, 1.807) is 38.1 Å². The van der Waals surface area contributed by atoms with Crippen molar-refractivity contribution < 1.29 is 43.7 Å². The van der Waals surface area contributed by atoms with Crippen LogP contribution in [0.1, 0.15) is 106 Å². The number of ether oxygens (including phenoxy) is 1. The molecule has 2 heterocycles. The monoisotopic (exact) mass is 876 g/mol. The molecule has 7 atom stereocenters. The number of aliphatic hydroxyl groups is 1. The van der Waals surface area contributed by atoms with Gasteiger partial charge in [0.1, 0.15) is 35.8 Å². The van der Waals surface area contributed by atoms with E-state index in [-0.39, 0.29) is 43.2 Å². The molecule has 14 heteroatoms. The number of carbonyl (C=O) groups is 6. The van der Waals surface area contributed by atoms with Gasteiger partial charge in [-0.15, -0.1) is 0 Å². The minimum atomic E-state index is -1.18. The molecule has 0 aliphatic carbocycles. The summed E-state index contributed by atoms with van der Waals surface area (Å²) in [6, 6.07) is 3.14. The van der Waals surface area contributed by atoms with Crippen molar-refractivity contribution in [1.82, 2.24) is 26.0 Å². The number of benzene rings is 1. The summed E-state index contributed by atoms with van der Waals surface area (Å²) in [4.78, 5) is 83.5. The average Bonchev–Trinajstić information content (AvgIpc) is 3.21. The number of nitrogens with one attached hydrogen (secondary N) is 3. The lowest BCUT2D eigenvalue weighted by Gasteiger charge is -2.36. The molecule has 63 heavy (non-hydrogen) atoms. The fourth-order valence-corrected chi connectivity index (χ4v) is 7.66. The van der Waals surface area contributed by atoms with E-state index in [2.05, 4.69) is 43.8 Å². The number of amides is 4. The van der Waals surface area contributed by atoms with Crippen LogP contribution in [0.2, 0.25) is 0 Å². The summed E-state index contributed by atoms with van der Waals surface area (Å²) in [5.41, 5.74) is 4.30. The van der Waals surface area contributed by atoms with E-state index in [0.29, 0.717) is 61.7 Å². The van der Waals surface area contributed by atoms with Crippen molar-refractivity contribution in [2.45, 2.75) is 138 Å². The zero-order valence-corrected chi connectivity index (χ0v) is 38.8. The van der Waals surface area contributed by atoms with E-state index < -0.39 is 71.8 Å². The minimum absolute atomic E-state index is 0.0167. The molecule has 14 nitrogen and oxygen atoms in total. The molecule has 0 saturated carbocycles. The van der Waals surface area contributed by atoms with E-state index >= 15 is 0 Å². The molecule has 2 aliphatic rings. The Hall–Kier alpha value is -5.08. The van der Waals surface area contributed by atoms with Crippen LogP contribution in [0.5, 0.6) is 5.75 Å². The van der Waals surface area contributed by atoms with Crippen LogP contribution in [0.25, 0.3) is 0 Å². The number of hydrazine groups is 1. The van der Waals surface area contributed by atoms with Crippen LogP contribution in [0.3, 0.4) is 0 Å². The van der Waals surface area contributed by atoms with Crippen molar-refractivity contribution >= 4 is 35.4 Å². The van der Waals surface area contributed by atoms with E-state index in [4.69, 9.17) is 4.74 Å². The molecule has 1 fully saturated rings. The Morgan fingerprint density at radius 3 is 2.24 bits per heavy atom. The fraction of sp³-hybridized carbons (Fsp3) is 0.592. The molecule has 1 aromatic rings. The molecule has 2 aliphatic heterocycles. The van der Waals surface area contributed by atoms with Gasteiger partial charge in [-0.25, -0.2) is 5.43 Å². The Morgan fingerprint density at radius 1 is 0.952 bits per heavy atom. The van der Waals surface area contributed by atoms with Crippen molar-refractivity contribution in [3.8, 4) is 5.75 Å². The Kier molecular flexibility index (Phi) is 21.5. The van der Waals surface area contributed by atoms with Gasteiger partial charge in [-0.3, -0.25) is 29.0 Å². The molecule has 0 aromatic heterocycles. The summed E-state index contributed by atoms with van der Waals surface area (Å²) in [5, 5.41) is 28.7. The van der Waals surface area contributed by atoms with Crippen LogP contribution >= 0.6 is 0 Å². The molecule has 1 unspecified atom stereocenters. The lowest BCUT2D eigenvalue weighted by molar-refractivity contribution is -0.156. The molecule has 0 radical (unpaired) electrons. The standard InChI is InChI=1S/C49H73N5O9/c1-31(2)29-53(30-32(3)4)43(57)23-14-18-34(7)42-22-13-11-10-12-17-35(8)45(58)39(25-24-36(9)55)46(59)51-44(33(5)6)47(60)50-41(28-37-19-15-20-38(56)27-37)48(61)54-26-16-21-40(52-54)49(62)63-42/h10-15,18-20,23,27,31-33,35,39-42,44-45,52,56,58H,16-17,21-22,24-26,28-30H2,1-9H3,(H,50,60)(H,51,59)/b12-10+,13-11+,23-14+,34-18+/t35-,39+,40?,41-,42-,44-,45+/m0/s1. The maximum Gasteiger partial charge on any atom is 0.325 e. The van der Waals surface area contributed by atoms with Gasteiger partial charge in [-0.1, -0.05) is 97.1 Å². The summed E-state index contributed by atoms with van der Waals surface area (Å²) in [6.07, 6.45) is 12.1. The van der Waals surface area contributed by atoms with Crippen LogP contribution in [0, 0.1) is 29.6 Å². The number of nitrogens with zero attached hydrogens (tertiary/aromatic N) is 2. The lowest BCUT2D eigenvalue weighted by atomic mass is 9.85. The Balaban J connectivity index is 2.04. The first-order valence-electron chi connectivity index (χ1n) is 22.6. The van der Waals surface area contributed by atoms with Gasteiger partial charge in [-0.2, -0.15) is 0 Å². The number of allylic oxidation sites excluding steroid dienone is 5. The molecule has 0 spiro atoms. The summed E-state index contributed by atoms with van der Waals surface area (Å²) in [5.74, 6) is -3.83. The summed E-state index contributed by atoms with van der Waals surface area (Å²) in [6.45, 7) is 18.3. The highest BCUT2D eigenvalue weighted by Crippen LogP contribution is 2.24. The zero-order valence-electron chi connectivity index (χ0n) is 38.8. The number of esters is 1. The van der Waals surface area contributed by atoms with Crippen molar-refractivity contribution in [3.63, 3.8) is 0 Å². The van der Waals surface area contributed by atoms with Crippen LogP contribution in [0.4, 0.5) is 0 Å². The molecule has 1 aromatic carbocycles.